The summed E-state index contributed by atoms with van der Waals surface area (Å²) in [5.74, 6) is -1.25. The molecule has 0 bridgehead atoms. The summed E-state index contributed by atoms with van der Waals surface area (Å²) in [4.78, 5) is 23.8. The average Bonchev–Trinajstić information content (AvgIpc) is 2.51. The Morgan fingerprint density at radius 3 is 2.64 bits per heavy atom. The first-order chi connectivity index (χ1) is 11.7. The normalized spacial score (nSPS) is 11.2. The van der Waals surface area contributed by atoms with E-state index < -0.39 is 35.6 Å². The van der Waals surface area contributed by atoms with E-state index in [1.54, 1.807) is 6.92 Å². The van der Waals surface area contributed by atoms with E-state index in [1.807, 2.05) is 0 Å². The zero-order valence-corrected chi connectivity index (χ0v) is 13.1. The highest BCUT2D eigenvalue weighted by atomic mass is 19.4. The lowest BCUT2D eigenvalue weighted by Crippen LogP contribution is -2.32. The second-order valence-corrected chi connectivity index (χ2v) is 4.97. The van der Waals surface area contributed by atoms with Gasteiger partial charge in [-0.25, -0.2) is 4.39 Å². The summed E-state index contributed by atoms with van der Waals surface area (Å²) >= 11 is 0. The molecule has 25 heavy (non-hydrogen) atoms. The predicted octanol–water partition coefficient (Wildman–Crippen LogP) is 3.04. The smallest absolute Gasteiger partial charge is 0.421 e. The van der Waals surface area contributed by atoms with Crippen LogP contribution >= 0.6 is 0 Å². The molecular formula is C16H14F4N2O3. The summed E-state index contributed by atoms with van der Waals surface area (Å²) in [7, 11) is 0. The predicted molar refractivity (Wildman–Crippen MR) is 81.9 cm³/mol. The van der Waals surface area contributed by atoms with Gasteiger partial charge in [-0.05, 0) is 31.2 Å². The van der Waals surface area contributed by atoms with Crippen LogP contribution in [-0.2, 0) is 17.5 Å². The van der Waals surface area contributed by atoms with E-state index >= 15 is 0 Å². The second kappa shape index (κ2) is 7.37. The van der Waals surface area contributed by atoms with Gasteiger partial charge < -0.3 is 14.6 Å². The minimum absolute atomic E-state index is 0.0761. The molecule has 1 N–H and O–H groups in total. The standard InChI is InChI=1S/C16H14F4N2O3/c1-2-25-13-8-10(17)5-6-12(13)21-14(23)9-22-7-3-4-11(15(22)24)16(18,19)20/h3-8H,2,9H2,1H3,(H,21,23). The maximum Gasteiger partial charge on any atom is 0.421 e. The Hall–Kier alpha value is -2.84. The van der Waals surface area contributed by atoms with Gasteiger partial charge in [0.2, 0.25) is 5.91 Å². The van der Waals surface area contributed by atoms with Crippen molar-refractivity contribution >= 4 is 11.6 Å². The molecule has 0 aliphatic heterocycles. The number of alkyl halides is 3. The molecule has 1 aromatic carbocycles. The van der Waals surface area contributed by atoms with Crippen LogP contribution < -0.4 is 15.6 Å². The Morgan fingerprint density at radius 2 is 2.00 bits per heavy atom. The fourth-order valence-electron chi connectivity index (χ4n) is 2.10. The van der Waals surface area contributed by atoms with Crippen molar-refractivity contribution in [2.75, 3.05) is 11.9 Å². The van der Waals surface area contributed by atoms with Crippen LogP contribution in [0, 0.1) is 5.82 Å². The summed E-state index contributed by atoms with van der Waals surface area (Å²) in [6.45, 7) is 1.25. The van der Waals surface area contributed by atoms with Crippen molar-refractivity contribution in [2.24, 2.45) is 0 Å². The van der Waals surface area contributed by atoms with Gasteiger partial charge in [-0.3, -0.25) is 9.59 Å². The summed E-state index contributed by atoms with van der Waals surface area (Å²) in [5.41, 5.74) is -2.54. The average molecular weight is 358 g/mol. The van der Waals surface area contributed by atoms with Crippen LogP contribution in [0.4, 0.5) is 23.2 Å². The monoisotopic (exact) mass is 358 g/mol. The molecule has 0 aliphatic rings. The Morgan fingerprint density at radius 1 is 1.28 bits per heavy atom. The van der Waals surface area contributed by atoms with Crippen LogP contribution in [0.3, 0.4) is 0 Å². The number of amides is 1. The van der Waals surface area contributed by atoms with Crippen molar-refractivity contribution in [3.63, 3.8) is 0 Å². The summed E-state index contributed by atoms with van der Waals surface area (Å²) in [6.07, 6.45) is -3.74. The van der Waals surface area contributed by atoms with Gasteiger partial charge in [-0.2, -0.15) is 13.2 Å². The third-order valence-electron chi connectivity index (χ3n) is 3.16. The minimum Gasteiger partial charge on any atom is -0.492 e. The lowest BCUT2D eigenvalue weighted by atomic mass is 10.2. The third-order valence-corrected chi connectivity index (χ3v) is 3.16. The maximum atomic E-state index is 13.2. The first kappa shape index (κ1) is 18.5. The Labute approximate surface area is 139 Å². The topological polar surface area (TPSA) is 60.3 Å². The number of benzene rings is 1. The van der Waals surface area contributed by atoms with Crippen LogP contribution in [0.1, 0.15) is 12.5 Å². The molecule has 0 unspecified atom stereocenters. The number of carbonyl (C=O) groups excluding carboxylic acids is 1. The van der Waals surface area contributed by atoms with Crippen LogP contribution in [0.25, 0.3) is 0 Å². The molecule has 1 aromatic heterocycles. The quantitative estimate of drug-likeness (QED) is 0.836. The van der Waals surface area contributed by atoms with E-state index in [1.165, 1.54) is 6.07 Å². The number of nitrogens with one attached hydrogen (secondary N) is 1. The van der Waals surface area contributed by atoms with E-state index in [0.29, 0.717) is 10.6 Å². The molecule has 0 fully saturated rings. The molecule has 9 heteroatoms. The zero-order valence-electron chi connectivity index (χ0n) is 13.1. The number of anilines is 1. The highest BCUT2D eigenvalue weighted by Crippen LogP contribution is 2.26. The number of nitrogens with zero attached hydrogens (tertiary/aromatic N) is 1. The molecule has 0 saturated carbocycles. The molecule has 0 spiro atoms. The summed E-state index contributed by atoms with van der Waals surface area (Å²) in [6, 6.07) is 5.09. The number of hydrogen-bond acceptors (Lipinski definition) is 3. The number of pyridine rings is 1. The molecule has 0 radical (unpaired) electrons. The van der Waals surface area contributed by atoms with E-state index in [2.05, 4.69) is 5.32 Å². The largest absolute Gasteiger partial charge is 0.492 e. The van der Waals surface area contributed by atoms with Crippen LogP contribution in [0.5, 0.6) is 5.75 Å². The molecule has 134 valence electrons. The number of aromatic nitrogens is 1. The van der Waals surface area contributed by atoms with Gasteiger partial charge in [0.25, 0.3) is 5.56 Å². The maximum absolute atomic E-state index is 13.2. The van der Waals surface area contributed by atoms with Crippen molar-refractivity contribution in [1.29, 1.82) is 0 Å². The molecule has 2 aromatic rings. The molecular weight excluding hydrogens is 344 g/mol. The first-order valence-electron chi connectivity index (χ1n) is 7.21. The van der Waals surface area contributed by atoms with Crippen molar-refractivity contribution in [3.8, 4) is 5.75 Å². The van der Waals surface area contributed by atoms with Gasteiger partial charge in [0.15, 0.2) is 0 Å². The number of hydrogen-bond donors (Lipinski definition) is 1. The number of carbonyl (C=O) groups is 1. The Bertz CT molecular complexity index is 831. The third kappa shape index (κ3) is 4.59. The van der Waals surface area contributed by atoms with Gasteiger partial charge in [-0.1, -0.05) is 0 Å². The lowest BCUT2D eigenvalue weighted by Gasteiger charge is -2.13. The Balaban J connectivity index is 2.21. The molecule has 5 nitrogen and oxygen atoms in total. The van der Waals surface area contributed by atoms with Crippen molar-refractivity contribution in [3.05, 3.63) is 58.3 Å². The summed E-state index contributed by atoms with van der Waals surface area (Å²) in [5, 5.41) is 2.38. The number of rotatable bonds is 5. The van der Waals surface area contributed by atoms with Gasteiger partial charge in [-0.15, -0.1) is 0 Å². The fraction of sp³-hybridized carbons (Fsp3) is 0.250. The van der Waals surface area contributed by atoms with Gasteiger partial charge >= 0.3 is 6.18 Å². The van der Waals surface area contributed by atoms with Crippen molar-refractivity contribution < 1.29 is 27.1 Å². The molecule has 1 amide bonds. The molecule has 0 aliphatic carbocycles. The highest BCUT2D eigenvalue weighted by Gasteiger charge is 2.34. The van der Waals surface area contributed by atoms with Crippen molar-refractivity contribution in [2.45, 2.75) is 19.6 Å². The highest BCUT2D eigenvalue weighted by molar-refractivity contribution is 5.92. The van der Waals surface area contributed by atoms with Crippen LogP contribution in [0.2, 0.25) is 0 Å². The number of halogens is 4. The van der Waals surface area contributed by atoms with Gasteiger partial charge in [0.1, 0.15) is 23.7 Å². The fourth-order valence-corrected chi connectivity index (χ4v) is 2.10. The van der Waals surface area contributed by atoms with Crippen LogP contribution in [-0.4, -0.2) is 17.1 Å². The first-order valence-corrected chi connectivity index (χ1v) is 7.21. The van der Waals surface area contributed by atoms with Gasteiger partial charge in [0.05, 0.1) is 12.3 Å². The van der Waals surface area contributed by atoms with E-state index in [0.717, 1.165) is 24.4 Å². The lowest BCUT2D eigenvalue weighted by molar-refractivity contribution is -0.139. The molecule has 0 saturated heterocycles. The van der Waals surface area contributed by atoms with E-state index in [-0.39, 0.29) is 18.0 Å². The van der Waals surface area contributed by atoms with Crippen molar-refractivity contribution in [1.82, 2.24) is 4.57 Å². The summed E-state index contributed by atoms with van der Waals surface area (Å²) < 4.78 is 57.2. The van der Waals surface area contributed by atoms with E-state index in [4.69, 9.17) is 4.74 Å². The van der Waals surface area contributed by atoms with E-state index in [9.17, 15) is 27.2 Å². The second-order valence-electron chi connectivity index (χ2n) is 4.97. The Kier molecular flexibility index (Phi) is 5.45. The zero-order chi connectivity index (χ0) is 18.6. The molecule has 0 atom stereocenters. The SMILES string of the molecule is CCOc1cc(F)ccc1NC(=O)Cn1cccc(C(F)(F)F)c1=O. The minimum atomic E-state index is -4.81. The molecule has 2 rings (SSSR count). The number of ether oxygens (including phenoxy) is 1. The van der Waals surface area contributed by atoms with Crippen LogP contribution in [0.15, 0.2) is 41.3 Å². The molecule has 1 heterocycles. The van der Waals surface area contributed by atoms with Gasteiger partial charge in [0, 0.05) is 12.3 Å².